The van der Waals surface area contributed by atoms with Crippen molar-refractivity contribution in [2.24, 2.45) is 5.41 Å². The van der Waals surface area contributed by atoms with E-state index < -0.39 is 11.6 Å². The van der Waals surface area contributed by atoms with Gasteiger partial charge >= 0.3 is 6.01 Å². The minimum absolute atomic E-state index is 0.00328. The standard InChI is InChI=1S/C32H39ClF2N6O2/c1-32(9-4-10-40(3)15-32)16-43-31-38-28-20(30(39-31)41-13-18-7-8-19(14-41)37-18)11-22(34)25(27(28)35)26-24(17-5-6-17)21(33)12-23(42)29(26)36-2/h11-12,17-19,36-37,42H,4-10,13-16H2,1-3H3/t18-,19+,32?. The summed E-state index contributed by atoms with van der Waals surface area (Å²) in [4.78, 5) is 13.8. The van der Waals surface area contributed by atoms with Gasteiger partial charge in [-0.15, -0.1) is 0 Å². The highest BCUT2D eigenvalue weighted by Gasteiger charge is 2.37. The van der Waals surface area contributed by atoms with E-state index in [2.05, 4.69) is 39.4 Å². The summed E-state index contributed by atoms with van der Waals surface area (Å²) in [5.74, 6) is -1.18. The van der Waals surface area contributed by atoms with Gasteiger partial charge in [-0.1, -0.05) is 18.5 Å². The number of aromatic nitrogens is 2. The van der Waals surface area contributed by atoms with Crippen molar-refractivity contribution in [2.45, 2.75) is 63.5 Å². The molecular formula is C32H39ClF2N6O2. The summed E-state index contributed by atoms with van der Waals surface area (Å²) in [6.07, 6.45) is 5.92. The van der Waals surface area contributed by atoms with Crippen LogP contribution in [0.15, 0.2) is 12.1 Å². The predicted octanol–water partition coefficient (Wildman–Crippen LogP) is 5.90. The summed E-state index contributed by atoms with van der Waals surface area (Å²) in [6, 6.07) is 3.46. The summed E-state index contributed by atoms with van der Waals surface area (Å²) >= 11 is 6.60. The van der Waals surface area contributed by atoms with Crippen molar-refractivity contribution in [1.82, 2.24) is 20.2 Å². The van der Waals surface area contributed by atoms with E-state index in [9.17, 15) is 5.11 Å². The smallest absolute Gasteiger partial charge is 0.319 e. The first kappa shape index (κ1) is 28.8. The number of hydrogen-bond acceptors (Lipinski definition) is 8. The van der Waals surface area contributed by atoms with E-state index in [4.69, 9.17) is 21.3 Å². The van der Waals surface area contributed by atoms with Gasteiger partial charge in [0.2, 0.25) is 0 Å². The van der Waals surface area contributed by atoms with E-state index >= 15 is 8.78 Å². The number of piperazine rings is 1. The lowest BCUT2D eigenvalue weighted by Crippen LogP contribution is -2.51. The number of nitrogens with zero attached hydrogens (tertiary/aromatic N) is 4. The fourth-order valence-electron chi connectivity index (χ4n) is 7.54. The van der Waals surface area contributed by atoms with Gasteiger partial charge in [0.1, 0.15) is 22.9 Å². The summed E-state index contributed by atoms with van der Waals surface area (Å²) in [5.41, 5.74) is 0.769. The Morgan fingerprint density at radius 2 is 1.88 bits per heavy atom. The highest BCUT2D eigenvalue weighted by Crippen LogP contribution is 2.53. The number of phenols is 1. The Morgan fingerprint density at radius 1 is 1.14 bits per heavy atom. The van der Waals surface area contributed by atoms with Crippen LogP contribution in [0.2, 0.25) is 5.02 Å². The molecule has 0 radical (unpaired) electrons. The number of anilines is 2. The fraction of sp³-hybridized carbons (Fsp3) is 0.562. The SMILES string of the molecule is CNc1c(O)cc(Cl)c(C2CC2)c1-c1c(F)cc2c(N3C[C@H]4CC[C@@H](C3)N4)nc(OCC3(C)CCCN(C)C3)nc2c1F. The third-order valence-corrected chi connectivity index (χ3v) is 9.97. The normalized spacial score (nSPS) is 25.9. The Labute approximate surface area is 255 Å². The van der Waals surface area contributed by atoms with Gasteiger partial charge < -0.3 is 30.3 Å². The van der Waals surface area contributed by atoms with Crippen LogP contribution in [-0.4, -0.2) is 78.9 Å². The molecule has 4 heterocycles. The van der Waals surface area contributed by atoms with Gasteiger partial charge in [-0.05, 0) is 69.7 Å². The van der Waals surface area contributed by atoms with Crippen molar-refractivity contribution < 1.29 is 18.6 Å². The number of aromatic hydroxyl groups is 1. The molecule has 4 aliphatic rings. The summed E-state index contributed by atoms with van der Waals surface area (Å²) < 4.78 is 39.5. The Hall–Kier alpha value is -2.95. The molecule has 1 saturated carbocycles. The van der Waals surface area contributed by atoms with Crippen LogP contribution in [0.1, 0.15) is 56.9 Å². The topological polar surface area (TPSA) is 85.8 Å². The number of rotatable bonds is 7. The number of nitrogens with one attached hydrogen (secondary N) is 2. The van der Waals surface area contributed by atoms with E-state index in [-0.39, 0.29) is 45.4 Å². The van der Waals surface area contributed by atoms with Gasteiger partial charge in [-0.25, -0.2) is 8.78 Å². The molecule has 11 heteroatoms. The van der Waals surface area contributed by atoms with Gasteiger partial charge in [-0.3, -0.25) is 0 Å². The highest BCUT2D eigenvalue weighted by atomic mass is 35.5. The lowest BCUT2D eigenvalue weighted by Gasteiger charge is -2.38. The molecule has 3 saturated heterocycles. The van der Waals surface area contributed by atoms with Crippen LogP contribution in [-0.2, 0) is 0 Å². The van der Waals surface area contributed by atoms with E-state index in [1.165, 1.54) is 12.1 Å². The van der Waals surface area contributed by atoms with Gasteiger partial charge in [0.15, 0.2) is 5.82 Å². The zero-order valence-corrected chi connectivity index (χ0v) is 25.7. The first-order chi connectivity index (χ1) is 20.6. The molecule has 43 heavy (non-hydrogen) atoms. The van der Waals surface area contributed by atoms with Crippen molar-refractivity contribution >= 4 is 34.0 Å². The number of benzene rings is 2. The lowest BCUT2D eigenvalue weighted by molar-refractivity contribution is 0.0660. The number of likely N-dealkylation sites (tertiary alicyclic amines) is 1. The molecule has 2 aromatic carbocycles. The Balaban J connectivity index is 1.39. The van der Waals surface area contributed by atoms with Gasteiger partial charge in [0.25, 0.3) is 0 Å². The number of phenolic OH excluding ortho intramolecular Hbond substituents is 1. The maximum atomic E-state index is 16.9. The van der Waals surface area contributed by atoms with Crippen molar-refractivity contribution in [1.29, 1.82) is 0 Å². The average Bonchev–Trinajstić information content (AvgIpc) is 3.74. The molecule has 1 aliphatic carbocycles. The average molecular weight is 613 g/mol. The summed E-state index contributed by atoms with van der Waals surface area (Å²) in [5, 5.41) is 17.9. The fourth-order valence-corrected chi connectivity index (χ4v) is 7.89. The summed E-state index contributed by atoms with van der Waals surface area (Å²) in [6.45, 7) is 5.89. The quantitative estimate of drug-likeness (QED) is 0.284. The van der Waals surface area contributed by atoms with Crippen LogP contribution in [0.4, 0.5) is 20.3 Å². The van der Waals surface area contributed by atoms with Crippen LogP contribution in [0, 0.1) is 17.0 Å². The minimum atomic E-state index is -0.815. The van der Waals surface area contributed by atoms with Crippen LogP contribution >= 0.6 is 11.6 Å². The van der Waals surface area contributed by atoms with Gasteiger partial charge in [0.05, 0.1) is 17.9 Å². The molecule has 230 valence electrons. The van der Waals surface area contributed by atoms with Crippen molar-refractivity contribution in [2.75, 3.05) is 57.1 Å². The van der Waals surface area contributed by atoms with Crippen molar-refractivity contribution in [3.63, 3.8) is 0 Å². The molecule has 0 spiro atoms. The zero-order chi connectivity index (χ0) is 30.0. The van der Waals surface area contributed by atoms with Crippen LogP contribution in [0.5, 0.6) is 11.8 Å². The number of fused-ring (bicyclic) bond motifs is 3. The molecule has 0 amide bonds. The molecule has 7 rings (SSSR count). The maximum absolute atomic E-state index is 16.9. The molecule has 3 N–H and O–H groups in total. The second-order valence-electron chi connectivity index (χ2n) is 13.3. The summed E-state index contributed by atoms with van der Waals surface area (Å²) in [7, 11) is 3.73. The largest absolute Gasteiger partial charge is 0.506 e. The van der Waals surface area contributed by atoms with Gasteiger partial charge in [-0.2, -0.15) is 9.97 Å². The lowest BCUT2D eigenvalue weighted by atomic mass is 9.83. The minimum Gasteiger partial charge on any atom is -0.506 e. The van der Waals surface area contributed by atoms with Crippen molar-refractivity contribution in [3.05, 3.63) is 34.4 Å². The maximum Gasteiger partial charge on any atom is 0.319 e. The molecule has 1 aromatic heterocycles. The van der Waals surface area contributed by atoms with E-state index in [0.717, 1.165) is 51.6 Å². The van der Waals surface area contributed by atoms with Crippen LogP contribution in [0.3, 0.4) is 0 Å². The molecule has 3 aliphatic heterocycles. The first-order valence-electron chi connectivity index (χ1n) is 15.4. The zero-order valence-electron chi connectivity index (χ0n) is 24.9. The molecule has 2 bridgehead atoms. The Bertz CT molecular complexity index is 1570. The number of piperidine rings is 1. The van der Waals surface area contributed by atoms with E-state index in [0.29, 0.717) is 53.6 Å². The third-order valence-electron chi connectivity index (χ3n) is 9.66. The second-order valence-corrected chi connectivity index (χ2v) is 13.7. The molecule has 1 unspecified atom stereocenters. The van der Waals surface area contributed by atoms with E-state index in [1.807, 2.05) is 0 Å². The van der Waals surface area contributed by atoms with Crippen LogP contribution in [0.25, 0.3) is 22.0 Å². The van der Waals surface area contributed by atoms with Crippen LogP contribution < -0.4 is 20.3 Å². The number of halogens is 3. The van der Waals surface area contributed by atoms with E-state index in [1.54, 1.807) is 7.05 Å². The Kier molecular flexibility index (Phi) is 7.29. The van der Waals surface area contributed by atoms with Gasteiger partial charge in [0, 0.05) is 66.2 Å². The third kappa shape index (κ3) is 5.25. The monoisotopic (exact) mass is 612 g/mol. The highest BCUT2D eigenvalue weighted by molar-refractivity contribution is 6.32. The second kappa shape index (κ2) is 10.9. The van der Waals surface area contributed by atoms with Crippen molar-refractivity contribution in [3.8, 4) is 22.9 Å². The number of ether oxygens (including phenoxy) is 1. The molecule has 3 atom stereocenters. The number of hydrogen-bond donors (Lipinski definition) is 3. The molecule has 3 aromatic rings. The predicted molar refractivity (Wildman–Crippen MR) is 166 cm³/mol. The molecule has 4 fully saturated rings. The Morgan fingerprint density at radius 3 is 2.56 bits per heavy atom. The molecule has 8 nitrogen and oxygen atoms in total. The molecular weight excluding hydrogens is 574 g/mol. The first-order valence-corrected chi connectivity index (χ1v) is 15.8.